The van der Waals surface area contributed by atoms with Crippen LogP contribution in [0.25, 0.3) is 0 Å². The number of unbranched alkanes of at least 4 members (excludes halogenated alkanes) is 1. The zero-order chi connectivity index (χ0) is 18.3. The molecule has 0 aliphatic rings. The lowest BCUT2D eigenvalue weighted by Gasteiger charge is -2.11. The number of nitrogens with zero attached hydrogens (tertiary/aromatic N) is 2. The van der Waals surface area contributed by atoms with Gasteiger partial charge in [0.1, 0.15) is 0 Å². The van der Waals surface area contributed by atoms with Gasteiger partial charge in [0.25, 0.3) is 0 Å². The molecule has 0 saturated heterocycles. The predicted molar refractivity (Wildman–Crippen MR) is 109 cm³/mol. The van der Waals surface area contributed by atoms with E-state index in [-0.39, 0.29) is 0 Å². The highest BCUT2D eigenvalue weighted by Gasteiger charge is 1.97. The summed E-state index contributed by atoms with van der Waals surface area (Å²) in [5.74, 6) is 0.893. The number of hydrogen-bond donors (Lipinski definition) is 2. The smallest absolute Gasteiger partial charge is 0.191 e. The van der Waals surface area contributed by atoms with Gasteiger partial charge in [-0.3, -0.25) is 4.99 Å². The summed E-state index contributed by atoms with van der Waals surface area (Å²) in [5.41, 5.74) is 1.33. The SMILES string of the molecule is CCNC(=NCCCCOCCc1ccccc1)NCCn1cccc1. The van der Waals surface area contributed by atoms with E-state index in [0.29, 0.717) is 0 Å². The summed E-state index contributed by atoms with van der Waals surface area (Å²) in [6.07, 6.45) is 7.21. The van der Waals surface area contributed by atoms with Gasteiger partial charge >= 0.3 is 0 Å². The van der Waals surface area contributed by atoms with Crippen LogP contribution < -0.4 is 10.6 Å². The normalized spacial score (nSPS) is 11.5. The molecule has 5 heteroatoms. The van der Waals surface area contributed by atoms with E-state index < -0.39 is 0 Å². The molecule has 0 aliphatic heterocycles. The van der Waals surface area contributed by atoms with Crippen molar-refractivity contribution < 1.29 is 4.74 Å². The quantitative estimate of drug-likeness (QED) is 0.349. The first kappa shape index (κ1) is 20.0. The second kappa shape index (κ2) is 13.0. The summed E-state index contributed by atoms with van der Waals surface area (Å²) in [7, 11) is 0. The summed E-state index contributed by atoms with van der Waals surface area (Å²) < 4.78 is 7.87. The maximum atomic E-state index is 5.72. The van der Waals surface area contributed by atoms with Gasteiger partial charge in [0.2, 0.25) is 0 Å². The molecule has 2 N–H and O–H groups in total. The van der Waals surface area contributed by atoms with Crippen LogP contribution in [0.4, 0.5) is 0 Å². The summed E-state index contributed by atoms with van der Waals surface area (Å²) in [6, 6.07) is 14.6. The molecular formula is C21H32N4O. The van der Waals surface area contributed by atoms with E-state index in [1.54, 1.807) is 0 Å². The minimum absolute atomic E-state index is 0.789. The Balaban J connectivity index is 1.51. The fraction of sp³-hybridized carbons (Fsp3) is 0.476. The first-order valence-corrected chi connectivity index (χ1v) is 9.63. The van der Waals surface area contributed by atoms with Crippen molar-refractivity contribution in [3.05, 3.63) is 60.4 Å². The second-order valence-corrected chi connectivity index (χ2v) is 6.16. The van der Waals surface area contributed by atoms with Gasteiger partial charge in [-0.25, -0.2) is 0 Å². The average molecular weight is 357 g/mol. The highest BCUT2D eigenvalue weighted by Crippen LogP contribution is 2.00. The molecule has 1 aromatic heterocycles. The van der Waals surface area contributed by atoms with E-state index >= 15 is 0 Å². The van der Waals surface area contributed by atoms with Crippen molar-refractivity contribution >= 4 is 5.96 Å². The Bertz CT molecular complexity index is 596. The minimum atomic E-state index is 0.789. The van der Waals surface area contributed by atoms with Crippen molar-refractivity contribution in [2.75, 3.05) is 32.8 Å². The Kier molecular flexibility index (Phi) is 10.0. The molecule has 142 valence electrons. The highest BCUT2D eigenvalue weighted by atomic mass is 16.5. The summed E-state index contributed by atoms with van der Waals surface area (Å²) >= 11 is 0. The van der Waals surface area contributed by atoms with Gasteiger partial charge < -0.3 is 19.9 Å². The van der Waals surface area contributed by atoms with Crippen molar-refractivity contribution in [3.8, 4) is 0 Å². The molecule has 0 spiro atoms. The van der Waals surface area contributed by atoms with Crippen LogP contribution in [0.2, 0.25) is 0 Å². The van der Waals surface area contributed by atoms with Crippen molar-refractivity contribution in [2.45, 2.75) is 32.7 Å². The number of aromatic nitrogens is 1. The van der Waals surface area contributed by atoms with E-state index in [0.717, 1.165) is 64.6 Å². The molecule has 1 aromatic carbocycles. The highest BCUT2D eigenvalue weighted by molar-refractivity contribution is 5.79. The molecule has 0 unspecified atom stereocenters. The van der Waals surface area contributed by atoms with E-state index in [2.05, 4.69) is 63.8 Å². The van der Waals surface area contributed by atoms with Crippen molar-refractivity contribution in [2.24, 2.45) is 4.99 Å². The molecule has 2 rings (SSSR count). The maximum Gasteiger partial charge on any atom is 0.191 e. The lowest BCUT2D eigenvalue weighted by atomic mass is 10.2. The van der Waals surface area contributed by atoms with E-state index in [1.165, 1.54) is 5.56 Å². The lowest BCUT2D eigenvalue weighted by molar-refractivity contribution is 0.134. The van der Waals surface area contributed by atoms with E-state index in [1.807, 2.05) is 18.2 Å². The number of rotatable bonds is 12. The van der Waals surface area contributed by atoms with Gasteiger partial charge in [0.15, 0.2) is 5.96 Å². The number of aliphatic imine (C=N–C) groups is 1. The fourth-order valence-electron chi connectivity index (χ4n) is 2.61. The number of benzene rings is 1. The molecule has 1 heterocycles. The Morgan fingerprint density at radius 1 is 1.00 bits per heavy atom. The molecule has 5 nitrogen and oxygen atoms in total. The fourth-order valence-corrected chi connectivity index (χ4v) is 2.61. The van der Waals surface area contributed by atoms with Gasteiger partial charge in [-0.15, -0.1) is 0 Å². The van der Waals surface area contributed by atoms with Gasteiger partial charge in [0.05, 0.1) is 6.61 Å². The van der Waals surface area contributed by atoms with Gasteiger partial charge in [-0.1, -0.05) is 30.3 Å². The van der Waals surface area contributed by atoms with Crippen molar-refractivity contribution in [1.82, 2.24) is 15.2 Å². The van der Waals surface area contributed by atoms with Gasteiger partial charge in [-0.05, 0) is 43.9 Å². The van der Waals surface area contributed by atoms with E-state index in [9.17, 15) is 0 Å². The third-order valence-electron chi connectivity index (χ3n) is 4.02. The molecule has 26 heavy (non-hydrogen) atoms. The molecular weight excluding hydrogens is 324 g/mol. The Hall–Kier alpha value is -2.27. The van der Waals surface area contributed by atoms with Crippen LogP contribution in [-0.4, -0.2) is 43.4 Å². The van der Waals surface area contributed by atoms with Crippen LogP contribution in [0, 0.1) is 0 Å². The average Bonchev–Trinajstić information content (AvgIpc) is 3.18. The summed E-state index contributed by atoms with van der Waals surface area (Å²) in [5, 5.41) is 6.67. The largest absolute Gasteiger partial charge is 0.381 e. The van der Waals surface area contributed by atoms with Crippen LogP contribution in [-0.2, 0) is 17.7 Å². The Morgan fingerprint density at radius 3 is 2.58 bits per heavy atom. The number of guanidine groups is 1. The van der Waals surface area contributed by atoms with Crippen LogP contribution in [0.15, 0.2) is 59.9 Å². The molecule has 0 bridgehead atoms. The predicted octanol–water partition coefficient (Wildman–Crippen LogP) is 3.08. The first-order chi connectivity index (χ1) is 12.9. The number of hydrogen-bond acceptors (Lipinski definition) is 2. The number of ether oxygens (including phenoxy) is 1. The van der Waals surface area contributed by atoms with Crippen molar-refractivity contribution in [3.63, 3.8) is 0 Å². The molecule has 0 aliphatic carbocycles. The molecule has 0 radical (unpaired) electrons. The summed E-state index contributed by atoms with van der Waals surface area (Å²) in [6.45, 7) is 7.18. The Morgan fingerprint density at radius 2 is 1.81 bits per heavy atom. The maximum absolute atomic E-state index is 5.72. The Labute approximate surface area is 157 Å². The topological polar surface area (TPSA) is 50.6 Å². The minimum Gasteiger partial charge on any atom is -0.381 e. The van der Waals surface area contributed by atoms with Crippen LogP contribution >= 0.6 is 0 Å². The third kappa shape index (κ3) is 8.72. The zero-order valence-electron chi connectivity index (χ0n) is 15.9. The van der Waals surface area contributed by atoms with Crippen LogP contribution in [0.1, 0.15) is 25.3 Å². The number of nitrogens with one attached hydrogen (secondary N) is 2. The van der Waals surface area contributed by atoms with Gasteiger partial charge in [-0.2, -0.15) is 0 Å². The lowest BCUT2D eigenvalue weighted by Crippen LogP contribution is -2.38. The third-order valence-corrected chi connectivity index (χ3v) is 4.02. The molecule has 0 saturated carbocycles. The summed E-state index contributed by atoms with van der Waals surface area (Å²) in [4.78, 5) is 4.63. The van der Waals surface area contributed by atoms with E-state index in [4.69, 9.17) is 4.74 Å². The molecule has 2 aromatic rings. The van der Waals surface area contributed by atoms with Crippen molar-refractivity contribution in [1.29, 1.82) is 0 Å². The standard InChI is InChI=1S/C21H32N4O/c1-2-22-21(24-14-17-25-15-7-8-16-25)23-13-6-9-18-26-19-12-20-10-4-3-5-11-20/h3-5,7-8,10-11,15-16H,2,6,9,12-14,17-19H2,1H3,(H2,22,23,24). The van der Waals surface area contributed by atoms with Crippen LogP contribution in [0.5, 0.6) is 0 Å². The molecule has 0 amide bonds. The molecule has 0 atom stereocenters. The second-order valence-electron chi connectivity index (χ2n) is 6.16. The first-order valence-electron chi connectivity index (χ1n) is 9.63. The van der Waals surface area contributed by atoms with Gasteiger partial charge in [0, 0.05) is 45.2 Å². The zero-order valence-corrected chi connectivity index (χ0v) is 15.9. The molecule has 0 fully saturated rings. The van der Waals surface area contributed by atoms with Crippen LogP contribution in [0.3, 0.4) is 0 Å². The monoisotopic (exact) mass is 356 g/mol.